The molecule has 0 aliphatic carbocycles. The average molecular weight is 288 g/mol. The summed E-state index contributed by atoms with van der Waals surface area (Å²) >= 11 is 7.32. The molecule has 0 bridgehead atoms. The van der Waals surface area contributed by atoms with Crippen molar-refractivity contribution in [3.8, 4) is 0 Å². The van der Waals surface area contributed by atoms with Gasteiger partial charge in [0.2, 0.25) is 0 Å². The normalized spacial score (nSPS) is 12.7. The second-order valence-corrected chi connectivity index (χ2v) is 5.73. The number of thiophene rings is 1. The minimum atomic E-state index is -0.431. The lowest BCUT2D eigenvalue weighted by atomic mass is 10.2. The highest BCUT2D eigenvalue weighted by molar-refractivity contribution is 7.16. The summed E-state index contributed by atoms with van der Waals surface area (Å²) in [5, 5.41) is 3.14. The second-order valence-electron chi connectivity index (χ2n) is 3.98. The standard InChI is InChI=1S/C13H12ClF2NS/c1-8(12-4-5-13(14)18-12)17-7-9-6-10(15)2-3-11(9)16/h2-6,8,17H,7H2,1H3. The maximum Gasteiger partial charge on any atom is 0.127 e. The first-order valence-corrected chi connectivity index (χ1v) is 6.68. The molecule has 0 amide bonds. The lowest BCUT2D eigenvalue weighted by Gasteiger charge is -2.12. The summed E-state index contributed by atoms with van der Waals surface area (Å²) in [6.45, 7) is 2.24. The Hall–Kier alpha value is -0.970. The van der Waals surface area contributed by atoms with Crippen LogP contribution in [0.4, 0.5) is 8.78 Å². The van der Waals surface area contributed by atoms with E-state index < -0.39 is 11.6 Å². The van der Waals surface area contributed by atoms with Crippen LogP contribution >= 0.6 is 22.9 Å². The van der Waals surface area contributed by atoms with Crippen molar-refractivity contribution in [2.75, 3.05) is 0 Å². The van der Waals surface area contributed by atoms with Crippen LogP contribution in [-0.2, 0) is 6.54 Å². The van der Waals surface area contributed by atoms with Crippen LogP contribution in [0.5, 0.6) is 0 Å². The fraction of sp³-hybridized carbons (Fsp3) is 0.231. The van der Waals surface area contributed by atoms with Gasteiger partial charge in [-0.15, -0.1) is 11.3 Å². The molecule has 1 aromatic heterocycles. The Bertz CT molecular complexity index is 542. The summed E-state index contributed by atoms with van der Waals surface area (Å²) in [5.41, 5.74) is 0.324. The molecule has 1 aromatic carbocycles. The van der Waals surface area contributed by atoms with Crippen molar-refractivity contribution in [3.05, 3.63) is 56.7 Å². The first-order chi connectivity index (χ1) is 8.56. The number of hydrogen-bond acceptors (Lipinski definition) is 2. The molecule has 2 aromatic rings. The van der Waals surface area contributed by atoms with Crippen LogP contribution in [0.1, 0.15) is 23.4 Å². The smallest absolute Gasteiger partial charge is 0.127 e. The largest absolute Gasteiger partial charge is 0.305 e. The fourth-order valence-corrected chi connectivity index (χ4v) is 2.69. The highest BCUT2D eigenvalue weighted by atomic mass is 35.5. The Kier molecular flexibility index (Phi) is 4.32. The number of benzene rings is 1. The lowest BCUT2D eigenvalue weighted by molar-refractivity contribution is 0.539. The van der Waals surface area contributed by atoms with E-state index in [9.17, 15) is 8.78 Å². The lowest BCUT2D eigenvalue weighted by Crippen LogP contribution is -2.18. The van der Waals surface area contributed by atoms with Gasteiger partial charge in [-0.3, -0.25) is 0 Å². The molecule has 0 aliphatic heterocycles. The number of nitrogens with one attached hydrogen (secondary N) is 1. The molecule has 1 nitrogen and oxygen atoms in total. The zero-order valence-corrected chi connectivity index (χ0v) is 11.3. The van der Waals surface area contributed by atoms with Crippen LogP contribution in [-0.4, -0.2) is 0 Å². The Morgan fingerprint density at radius 3 is 2.72 bits per heavy atom. The van der Waals surface area contributed by atoms with Gasteiger partial charge in [-0.25, -0.2) is 8.78 Å². The Morgan fingerprint density at radius 1 is 1.28 bits per heavy atom. The first-order valence-electron chi connectivity index (χ1n) is 5.49. The van der Waals surface area contributed by atoms with Gasteiger partial charge in [-0.2, -0.15) is 0 Å². The third kappa shape index (κ3) is 3.28. The van der Waals surface area contributed by atoms with Gasteiger partial charge in [0.25, 0.3) is 0 Å². The van der Waals surface area contributed by atoms with Crippen molar-refractivity contribution in [1.82, 2.24) is 5.32 Å². The van der Waals surface area contributed by atoms with Crippen molar-refractivity contribution < 1.29 is 8.78 Å². The van der Waals surface area contributed by atoms with E-state index in [2.05, 4.69) is 5.32 Å². The van der Waals surface area contributed by atoms with Gasteiger partial charge < -0.3 is 5.32 Å². The minimum absolute atomic E-state index is 0.0465. The number of hydrogen-bond donors (Lipinski definition) is 1. The van der Waals surface area contributed by atoms with Crippen molar-refractivity contribution in [3.63, 3.8) is 0 Å². The van der Waals surface area contributed by atoms with Crippen LogP contribution < -0.4 is 5.32 Å². The van der Waals surface area contributed by atoms with Gasteiger partial charge in [0, 0.05) is 23.0 Å². The topological polar surface area (TPSA) is 12.0 Å². The van der Waals surface area contributed by atoms with Gasteiger partial charge in [0.1, 0.15) is 11.6 Å². The molecule has 1 N–H and O–H groups in total. The average Bonchev–Trinajstić information content (AvgIpc) is 2.77. The van der Waals surface area contributed by atoms with Gasteiger partial charge in [-0.1, -0.05) is 11.6 Å². The molecule has 0 spiro atoms. The molecule has 0 radical (unpaired) electrons. The van der Waals surface area contributed by atoms with Gasteiger partial charge in [0.05, 0.1) is 4.34 Å². The van der Waals surface area contributed by atoms with Crippen LogP contribution in [0.2, 0.25) is 4.34 Å². The van der Waals surface area contributed by atoms with E-state index in [0.717, 1.165) is 21.3 Å². The molecule has 5 heteroatoms. The maximum atomic E-state index is 13.4. The Morgan fingerprint density at radius 2 is 2.06 bits per heavy atom. The van der Waals surface area contributed by atoms with Crippen LogP contribution in [0.25, 0.3) is 0 Å². The third-order valence-electron chi connectivity index (χ3n) is 2.63. The summed E-state index contributed by atoms with van der Waals surface area (Å²) in [5.74, 6) is -0.833. The molecule has 0 saturated carbocycles. The summed E-state index contributed by atoms with van der Waals surface area (Å²) < 4.78 is 27.1. The zero-order chi connectivity index (χ0) is 13.1. The highest BCUT2D eigenvalue weighted by Crippen LogP contribution is 2.26. The van der Waals surface area contributed by atoms with Gasteiger partial charge in [-0.05, 0) is 37.3 Å². The first kappa shape index (κ1) is 13.5. The second kappa shape index (κ2) is 5.78. The van der Waals surface area contributed by atoms with E-state index in [4.69, 9.17) is 11.6 Å². The van der Waals surface area contributed by atoms with E-state index in [-0.39, 0.29) is 12.6 Å². The third-order valence-corrected chi connectivity index (χ3v) is 4.04. The quantitative estimate of drug-likeness (QED) is 0.871. The van der Waals surface area contributed by atoms with Crippen molar-refractivity contribution >= 4 is 22.9 Å². The van der Waals surface area contributed by atoms with Crippen molar-refractivity contribution in [2.45, 2.75) is 19.5 Å². The molecule has 18 heavy (non-hydrogen) atoms. The molecule has 0 fully saturated rings. The summed E-state index contributed by atoms with van der Waals surface area (Å²) in [6, 6.07) is 7.25. The highest BCUT2D eigenvalue weighted by Gasteiger charge is 2.09. The van der Waals surface area contributed by atoms with E-state index >= 15 is 0 Å². The summed E-state index contributed by atoms with van der Waals surface area (Å²) in [7, 11) is 0. The predicted octanol–water partition coefficient (Wildman–Crippen LogP) is 4.53. The van der Waals surface area contributed by atoms with Crippen LogP contribution in [0, 0.1) is 11.6 Å². The number of halogens is 3. The molecule has 2 rings (SSSR count). The molecular formula is C13H12ClF2NS. The monoisotopic (exact) mass is 287 g/mol. The van der Waals surface area contributed by atoms with E-state index in [0.29, 0.717) is 5.56 Å². The fourth-order valence-electron chi connectivity index (χ4n) is 1.60. The summed E-state index contributed by atoms with van der Waals surface area (Å²) in [6.07, 6.45) is 0. The molecule has 0 saturated heterocycles. The molecule has 0 aliphatic rings. The Balaban J connectivity index is 2.01. The van der Waals surface area contributed by atoms with Crippen molar-refractivity contribution in [1.29, 1.82) is 0 Å². The molecule has 1 unspecified atom stereocenters. The predicted molar refractivity (Wildman–Crippen MR) is 70.9 cm³/mol. The Labute approximate surface area is 113 Å². The van der Waals surface area contributed by atoms with Crippen molar-refractivity contribution in [2.24, 2.45) is 0 Å². The van der Waals surface area contributed by atoms with E-state index in [1.54, 1.807) is 0 Å². The maximum absolute atomic E-state index is 13.4. The molecule has 1 heterocycles. The SMILES string of the molecule is CC(NCc1cc(F)ccc1F)c1ccc(Cl)s1. The zero-order valence-electron chi connectivity index (χ0n) is 9.71. The van der Waals surface area contributed by atoms with Crippen LogP contribution in [0.3, 0.4) is 0 Å². The van der Waals surface area contributed by atoms with E-state index in [1.807, 2.05) is 19.1 Å². The van der Waals surface area contributed by atoms with Crippen LogP contribution in [0.15, 0.2) is 30.3 Å². The summed E-state index contributed by atoms with van der Waals surface area (Å²) in [4.78, 5) is 1.07. The van der Waals surface area contributed by atoms with Gasteiger partial charge >= 0.3 is 0 Å². The molecule has 96 valence electrons. The molecular weight excluding hydrogens is 276 g/mol. The van der Waals surface area contributed by atoms with Gasteiger partial charge in [0.15, 0.2) is 0 Å². The minimum Gasteiger partial charge on any atom is -0.305 e. The number of rotatable bonds is 4. The van der Waals surface area contributed by atoms with E-state index in [1.165, 1.54) is 17.4 Å². The molecule has 1 atom stereocenters.